The summed E-state index contributed by atoms with van der Waals surface area (Å²) in [4.78, 5) is 41.5. The van der Waals surface area contributed by atoms with Crippen molar-refractivity contribution in [1.29, 1.82) is 0 Å². The summed E-state index contributed by atoms with van der Waals surface area (Å²) < 4.78 is 4.59. The van der Waals surface area contributed by atoms with E-state index in [0.29, 0.717) is 30.2 Å². The predicted octanol–water partition coefficient (Wildman–Crippen LogP) is 1.59. The van der Waals surface area contributed by atoms with E-state index in [4.69, 9.17) is 0 Å². The van der Waals surface area contributed by atoms with Crippen molar-refractivity contribution in [2.24, 2.45) is 0 Å². The molecule has 2 amide bonds. The van der Waals surface area contributed by atoms with Crippen LogP contribution in [-0.2, 0) is 25.5 Å². The molecule has 1 aromatic rings. The summed E-state index contributed by atoms with van der Waals surface area (Å²) in [5.74, 6) is -0.596. The summed E-state index contributed by atoms with van der Waals surface area (Å²) in [7, 11) is 1.32. The SMILES string of the molecule is CCC(=O)N1CCCCC1C(=O)Nc1nc(CC(=O)OC)cs1. The Kier molecular flexibility index (Phi) is 6.09. The highest BCUT2D eigenvalue weighted by Crippen LogP contribution is 2.21. The lowest BCUT2D eigenvalue weighted by Gasteiger charge is -2.34. The Bertz CT molecular complexity index is 587. The van der Waals surface area contributed by atoms with Crippen molar-refractivity contribution < 1.29 is 19.1 Å². The molecule has 0 aliphatic carbocycles. The normalized spacial score (nSPS) is 17.7. The van der Waals surface area contributed by atoms with Gasteiger partial charge in [-0.25, -0.2) is 4.98 Å². The summed E-state index contributed by atoms with van der Waals surface area (Å²) in [6, 6.07) is -0.441. The Morgan fingerprint density at radius 2 is 2.22 bits per heavy atom. The number of hydrogen-bond donors (Lipinski definition) is 1. The smallest absolute Gasteiger partial charge is 0.311 e. The highest BCUT2D eigenvalue weighted by molar-refractivity contribution is 7.13. The average Bonchev–Trinajstić information content (AvgIpc) is 3.00. The van der Waals surface area contributed by atoms with Crippen LogP contribution in [-0.4, -0.2) is 47.4 Å². The number of amides is 2. The number of methoxy groups -OCH3 is 1. The number of anilines is 1. The molecule has 7 nitrogen and oxygen atoms in total. The first-order valence-electron chi connectivity index (χ1n) is 7.66. The van der Waals surface area contributed by atoms with Crippen molar-refractivity contribution in [2.45, 2.75) is 45.1 Å². The van der Waals surface area contributed by atoms with Gasteiger partial charge in [-0.1, -0.05) is 6.92 Å². The minimum atomic E-state index is -0.441. The number of hydrogen-bond acceptors (Lipinski definition) is 6. The molecule has 126 valence electrons. The Morgan fingerprint density at radius 1 is 1.43 bits per heavy atom. The lowest BCUT2D eigenvalue weighted by molar-refractivity contribution is -0.140. The van der Waals surface area contributed by atoms with Crippen LogP contribution in [0.4, 0.5) is 5.13 Å². The monoisotopic (exact) mass is 339 g/mol. The number of carbonyl (C=O) groups excluding carboxylic acids is 3. The molecule has 0 radical (unpaired) electrons. The van der Waals surface area contributed by atoms with Gasteiger partial charge in [0.15, 0.2) is 5.13 Å². The first kappa shape index (κ1) is 17.4. The highest BCUT2D eigenvalue weighted by atomic mass is 32.1. The fourth-order valence-electron chi connectivity index (χ4n) is 2.56. The molecule has 8 heteroatoms. The zero-order valence-electron chi connectivity index (χ0n) is 13.3. The fourth-order valence-corrected chi connectivity index (χ4v) is 3.27. The number of nitrogens with zero attached hydrogens (tertiary/aromatic N) is 2. The van der Waals surface area contributed by atoms with Crippen LogP contribution in [0, 0.1) is 0 Å². The summed E-state index contributed by atoms with van der Waals surface area (Å²) in [6.45, 7) is 2.42. The van der Waals surface area contributed by atoms with E-state index in [0.717, 1.165) is 12.8 Å². The first-order chi connectivity index (χ1) is 11.0. The number of carbonyl (C=O) groups is 3. The molecule has 1 atom stereocenters. The second-order valence-corrected chi connectivity index (χ2v) is 6.20. The maximum atomic E-state index is 12.5. The van der Waals surface area contributed by atoms with E-state index in [1.165, 1.54) is 18.4 Å². The van der Waals surface area contributed by atoms with Gasteiger partial charge in [-0.3, -0.25) is 14.4 Å². The van der Waals surface area contributed by atoms with Gasteiger partial charge in [0.25, 0.3) is 0 Å². The van der Waals surface area contributed by atoms with Crippen molar-refractivity contribution in [2.75, 3.05) is 19.0 Å². The quantitative estimate of drug-likeness (QED) is 0.823. The largest absolute Gasteiger partial charge is 0.469 e. The summed E-state index contributed by atoms with van der Waals surface area (Å²) in [5, 5.41) is 4.90. The number of likely N-dealkylation sites (tertiary alicyclic amines) is 1. The van der Waals surface area contributed by atoms with Gasteiger partial charge < -0.3 is 15.0 Å². The van der Waals surface area contributed by atoms with Crippen LogP contribution in [0.5, 0.6) is 0 Å². The molecule has 1 unspecified atom stereocenters. The molecule has 1 saturated heterocycles. The third kappa shape index (κ3) is 4.51. The second-order valence-electron chi connectivity index (χ2n) is 5.34. The van der Waals surface area contributed by atoms with Crippen LogP contribution in [0.3, 0.4) is 0 Å². The van der Waals surface area contributed by atoms with Crippen molar-refractivity contribution >= 4 is 34.3 Å². The molecule has 0 saturated carbocycles. The fraction of sp³-hybridized carbons (Fsp3) is 0.600. The van der Waals surface area contributed by atoms with Crippen LogP contribution in [0.15, 0.2) is 5.38 Å². The van der Waals surface area contributed by atoms with Crippen molar-refractivity contribution in [1.82, 2.24) is 9.88 Å². The molecule has 1 aliphatic rings. The molecule has 0 aromatic carbocycles. The predicted molar refractivity (Wildman–Crippen MR) is 86.1 cm³/mol. The van der Waals surface area contributed by atoms with Gasteiger partial charge in [0.05, 0.1) is 19.2 Å². The third-order valence-electron chi connectivity index (χ3n) is 3.76. The van der Waals surface area contributed by atoms with Gasteiger partial charge in [-0.15, -0.1) is 11.3 Å². The van der Waals surface area contributed by atoms with E-state index < -0.39 is 6.04 Å². The van der Waals surface area contributed by atoms with Crippen molar-refractivity contribution in [3.63, 3.8) is 0 Å². The topological polar surface area (TPSA) is 88.6 Å². The molecular weight excluding hydrogens is 318 g/mol. The van der Waals surface area contributed by atoms with E-state index in [2.05, 4.69) is 15.0 Å². The zero-order chi connectivity index (χ0) is 16.8. The van der Waals surface area contributed by atoms with E-state index in [9.17, 15) is 14.4 Å². The Hall–Kier alpha value is -1.96. The summed E-state index contributed by atoms with van der Waals surface area (Å²) in [6.07, 6.45) is 2.99. The van der Waals surface area contributed by atoms with Crippen molar-refractivity contribution in [3.05, 3.63) is 11.1 Å². The summed E-state index contributed by atoms with van der Waals surface area (Å²) in [5.41, 5.74) is 0.558. The first-order valence-corrected chi connectivity index (χ1v) is 8.54. The van der Waals surface area contributed by atoms with Crippen molar-refractivity contribution in [3.8, 4) is 0 Å². The van der Waals surface area contributed by atoms with Gasteiger partial charge in [-0.05, 0) is 19.3 Å². The van der Waals surface area contributed by atoms with E-state index in [1.807, 2.05) is 0 Å². The number of aromatic nitrogens is 1. The molecule has 0 bridgehead atoms. The highest BCUT2D eigenvalue weighted by Gasteiger charge is 2.31. The Labute approximate surface area is 139 Å². The zero-order valence-corrected chi connectivity index (χ0v) is 14.1. The number of rotatable bonds is 5. The van der Waals surface area contributed by atoms with Crippen LogP contribution < -0.4 is 5.32 Å². The lowest BCUT2D eigenvalue weighted by Crippen LogP contribution is -2.49. The molecule has 1 N–H and O–H groups in total. The molecule has 23 heavy (non-hydrogen) atoms. The number of piperidine rings is 1. The van der Waals surface area contributed by atoms with E-state index in [-0.39, 0.29) is 24.2 Å². The van der Waals surface area contributed by atoms with Gasteiger partial charge in [0.1, 0.15) is 6.04 Å². The van der Waals surface area contributed by atoms with E-state index in [1.54, 1.807) is 17.2 Å². The minimum Gasteiger partial charge on any atom is -0.469 e. The van der Waals surface area contributed by atoms with Gasteiger partial charge in [0.2, 0.25) is 11.8 Å². The van der Waals surface area contributed by atoms with Gasteiger partial charge >= 0.3 is 5.97 Å². The van der Waals surface area contributed by atoms with Gasteiger partial charge in [0, 0.05) is 18.3 Å². The second kappa shape index (κ2) is 8.05. The van der Waals surface area contributed by atoms with Crippen LogP contribution in [0.1, 0.15) is 38.3 Å². The van der Waals surface area contributed by atoms with Crippen LogP contribution in [0.2, 0.25) is 0 Å². The van der Waals surface area contributed by atoms with E-state index >= 15 is 0 Å². The third-order valence-corrected chi connectivity index (χ3v) is 4.57. The van der Waals surface area contributed by atoms with Crippen LogP contribution in [0.25, 0.3) is 0 Å². The molecular formula is C15H21N3O4S. The summed E-state index contributed by atoms with van der Waals surface area (Å²) >= 11 is 1.26. The molecule has 2 rings (SSSR count). The minimum absolute atomic E-state index is 0.00429. The van der Waals surface area contributed by atoms with Crippen LogP contribution >= 0.6 is 11.3 Å². The molecule has 1 aliphatic heterocycles. The lowest BCUT2D eigenvalue weighted by atomic mass is 10.0. The molecule has 2 heterocycles. The number of esters is 1. The molecule has 0 spiro atoms. The molecule has 1 fully saturated rings. The number of ether oxygens (including phenoxy) is 1. The van der Waals surface area contributed by atoms with Gasteiger partial charge in [-0.2, -0.15) is 0 Å². The molecule has 1 aromatic heterocycles. The number of thiazole rings is 1. The number of nitrogens with one attached hydrogen (secondary N) is 1. The standard InChI is InChI=1S/C15H21N3O4S/c1-3-12(19)18-7-5-4-6-11(18)14(21)17-15-16-10(9-23-15)8-13(20)22-2/h9,11H,3-8H2,1-2H3,(H,16,17,21). The Morgan fingerprint density at radius 3 is 2.91 bits per heavy atom. The Balaban J connectivity index is 2.00. The maximum absolute atomic E-state index is 12.5. The average molecular weight is 339 g/mol. The maximum Gasteiger partial charge on any atom is 0.311 e.